The fourth-order valence-corrected chi connectivity index (χ4v) is 2.77. The molecule has 0 unspecified atom stereocenters. The lowest BCUT2D eigenvalue weighted by atomic mass is 10.1. The third kappa shape index (κ3) is 3.97. The number of aryl methyl sites for hydroxylation is 1. The first-order valence-corrected chi connectivity index (χ1v) is 8.74. The fraction of sp³-hybridized carbons (Fsp3) is 0.111. The van der Waals surface area contributed by atoms with Crippen LogP contribution in [-0.2, 0) is 6.42 Å². The molecule has 7 nitrogen and oxygen atoms in total. The molecule has 0 aliphatic heterocycles. The van der Waals surface area contributed by atoms with Crippen LogP contribution in [0.2, 0.25) is 0 Å². The van der Waals surface area contributed by atoms with E-state index in [1.807, 2.05) is 42.5 Å². The molecule has 0 fully saturated rings. The summed E-state index contributed by atoms with van der Waals surface area (Å²) in [5.41, 5.74) is 2.36. The third-order valence-corrected chi connectivity index (χ3v) is 4.45. The van der Waals surface area contributed by atoms with E-state index in [1.54, 1.807) is 6.07 Å². The number of aromatic nitrogens is 2. The number of nitro groups is 1. The van der Waals surface area contributed by atoms with Gasteiger partial charge in [-0.25, -0.2) is 9.97 Å². The van der Waals surface area contributed by atoms with Crippen molar-refractivity contribution >= 4 is 44.6 Å². The van der Waals surface area contributed by atoms with E-state index in [2.05, 4.69) is 43.5 Å². The van der Waals surface area contributed by atoms with Crippen molar-refractivity contribution in [1.29, 1.82) is 0 Å². The lowest BCUT2D eigenvalue weighted by molar-refractivity contribution is -0.383. The first-order valence-electron chi connectivity index (χ1n) is 7.95. The summed E-state index contributed by atoms with van der Waals surface area (Å²) in [7, 11) is 0. The van der Waals surface area contributed by atoms with Crippen LogP contribution in [0.4, 0.5) is 28.7 Å². The molecule has 1 aromatic heterocycles. The van der Waals surface area contributed by atoms with Gasteiger partial charge in [0.15, 0.2) is 0 Å². The molecule has 0 amide bonds. The predicted octanol–water partition coefficient (Wildman–Crippen LogP) is 5.20. The highest BCUT2D eigenvalue weighted by molar-refractivity contribution is 9.10. The van der Waals surface area contributed by atoms with Gasteiger partial charge in [-0.15, -0.1) is 0 Å². The van der Waals surface area contributed by atoms with Gasteiger partial charge in [0.25, 0.3) is 0 Å². The van der Waals surface area contributed by atoms with Crippen molar-refractivity contribution in [2.45, 2.75) is 13.3 Å². The standard InChI is InChI=1S/C18H16BrN5O2/c1-2-12-7-9-13(10-8-12)22-17-16(24(25)26)18(21-11-20-17)23-15-6-4-3-5-14(15)19/h3-11H,2H2,1H3,(H2,20,21,22,23). The molecule has 0 atom stereocenters. The predicted molar refractivity (Wildman–Crippen MR) is 105 cm³/mol. The molecule has 0 aliphatic rings. The van der Waals surface area contributed by atoms with Crippen LogP contribution in [-0.4, -0.2) is 14.9 Å². The van der Waals surface area contributed by atoms with E-state index in [-0.39, 0.29) is 17.3 Å². The Kier molecular flexibility index (Phi) is 5.43. The summed E-state index contributed by atoms with van der Waals surface area (Å²) in [5.74, 6) is 0.244. The summed E-state index contributed by atoms with van der Waals surface area (Å²) in [4.78, 5) is 19.2. The van der Waals surface area contributed by atoms with Crippen LogP contribution in [0.25, 0.3) is 0 Å². The molecule has 0 spiro atoms. The van der Waals surface area contributed by atoms with E-state index < -0.39 is 4.92 Å². The Balaban J connectivity index is 1.95. The smallest absolute Gasteiger partial charge is 0.334 e. The van der Waals surface area contributed by atoms with Crippen molar-refractivity contribution in [3.63, 3.8) is 0 Å². The zero-order valence-electron chi connectivity index (χ0n) is 13.9. The summed E-state index contributed by atoms with van der Waals surface area (Å²) >= 11 is 3.41. The highest BCUT2D eigenvalue weighted by Crippen LogP contribution is 2.34. The first-order chi connectivity index (χ1) is 12.6. The molecule has 0 saturated heterocycles. The normalized spacial score (nSPS) is 10.4. The van der Waals surface area contributed by atoms with E-state index >= 15 is 0 Å². The second-order valence-corrected chi connectivity index (χ2v) is 6.31. The number of benzene rings is 2. The van der Waals surface area contributed by atoms with Crippen LogP contribution in [0.1, 0.15) is 12.5 Å². The van der Waals surface area contributed by atoms with Crippen molar-refractivity contribution in [3.8, 4) is 0 Å². The average Bonchev–Trinajstić information content (AvgIpc) is 2.64. The van der Waals surface area contributed by atoms with Gasteiger partial charge in [0, 0.05) is 10.2 Å². The monoisotopic (exact) mass is 413 g/mol. The lowest BCUT2D eigenvalue weighted by Crippen LogP contribution is -2.05. The molecule has 2 aromatic carbocycles. The Morgan fingerprint density at radius 3 is 2.31 bits per heavy atom. The van der Waals surface area contributed by atoms with Crippen LogP contribution >= 0.6 is 15.9 Å². The van der Waals surface area contributed by atoms with E-state index in [0.717, 1.165) is 16.6 Å². The minimum atomic E-state index is -0.498. The van der Waals surface area contributed by atoms with Crippen molar-refractivity contribution in [1.82, 2.24) is 9.97 Å². The second kappa shape index (κ2) is 7.92. The van der Waals surface area contributed by atoms with E-state index in [4.69, 9.17) is 0 Å². The highest BCUT2D eigenvalue weighted by Gasteiger charge is 2.23. The SMILES string of the molecule is CCc1ccc(Nc2ncnc(Nc3ccccc3Br)c2[N+](=O)[O-])cc1. The van der Waals surface area contributed by atoms with Crippen LogP contribution in [0.5, 0.6) is 0 Å². The van der Waals surface area contributed by atoms with Gasteiger partial charge >= 0.3 is 5.69 Å². The van der Waals surface area contributed by atoms with Crippen molar-refractivity contribution in [2.75, 3.05) is 10.6 Å². The number of hydrogen-bond acceptors (Lipinski definition) is 6. The number of para-hydroxylation sites is 1. The van der Waals surface area contributed by atoms with Gasteiger partial charge in [0.2, 0.25) is 11.6 Å². The molecule has 3 rings (SSSR count). The Morgan fingerprint density at radius 2 is 1.69 bits per heavy atom. The zero-order valence-corrected chi connectivity index (χ0v) is 15.5. The Hall–Kier alpha value is -3.00. The number of nitrogens with one attached hydrogen (secondary N) is 2. The molecule has 0 saturated carbocycles. The van der Waals surface area contributed by atoms with Crippen molar-refractivity contribution in [3.05, 3.63) is 75.0 Å². The zero-order chi connectivity index (χ0) is 18.5. The lowest BCUT2D eigenvalue weighted by Gasteiger charge is -2.11. The largest absolute Gasteiger partial charge is 0.353 e. The van der Waals surface area contributed by atoms with E-state index in [0.29, 0.717) is 5.69 Å². The minimum absolute atomic E-state index is 0.115. The molecule has 132 valence electrons. The van der Waals surface area contributed by atoms with Gasteiger partial charge in [-0.05, 0) is 52.2 Å². The number of rotatable bonds is 6. The maximum absolute atomic E-state index is 11.6. The molecule has 0 bridgehead atoms. The molecule has 0 radical (unpaired) electrons. The Morgan fingerprint density at radius 1 is 1.04 bits per heavy atom. The summed E-state index contributed by atoms with van der Waals surface area (Å²) in [6.07, 6.45) is 2.21. The molecule has 1 heterocycles. The van der Waals surface area contributed by atoms with Crippen LogP contribution in [0, 0.1) is 10.1 Å². The third-order valence-electron chi connectivity index (χ3n) is 3.76. The number of nitrogens with zero attached hydrogens (tertiary/aromatic N) is 3. The topological polar surface area (TPSA) is 93.0 Å². The molecule has 26 heavy (non-hydrogen) atoms. The van der Waals surface area contributed by atoms with E-state index in [9.17, 15) is 10.1 Å². The molecule has 0 aliphatic carbocycles. The summed E-state index contributed by atoms with van der Waals surface area (Å²) in [5, 5.41) is 17.6. The van der Waals surface area contributed by atoms with Crippen molar-refractivity contribution < 1.29 is 4.92 Å². The van der Waals surface area contributed by atoms with Gasteiger partial charge in [0.05, 0.1) is 10.6 Å². The maximum atomic E-state index is 11.6. The molecular weight excluding hydrogens is 398 g/mol. The Bertz CT molecular complexity index is 931. The average molecular weight is 414 g/mol. The summed E-state index contributed by atoms with van der Waals surface area (Å²) in [6.45, 7) is 2.07. The number of anilines is 4. The van der Waals surface area contributed by atoms with Crippen molar-refractivity contribution in [2.24, 2.45) is 0 Å². The van der Waals surface area contributed by atoms with Crippen LogP contribution in [0.15, 0.2) is 59.3 Å². The fourth-order valence-electron chi connectivity index (χ4n) is 2.39. The summed E-state index contributed by atoms with van der Waals surface area (Å²) in [6, 6.07) is 15.0. The second-order valence-electron chi connectivity index (χ2n) is 5.46. The highest BCUT2D eigenvalue weighted by atomic mass is 79.9. The quantitative estimate of drug-likeness (QED) is 0.426. The number of hydrogen-bond donors (Lipinski definition) is 2. The van der Waals surface area contributed by atoms with Gasteiger partial charge in [-0.3, -0.25) is 10.1 Å². The molecular formula is C18H16BrN5O2. The first kappa shape index (κ1) is 17.8. The summed E-state index contributed by atoms with van der Waals surface area (Å²) < 4.78 is 0.776. The van der Waals surface area contributed by atoms with Crippen LogP contribution < -0.4 is 10.6 Å². The maximum Gasteiger partial charge on any atom is 0.353 e. The number of halogens is 1. The van der Waals surface area contributed by atoms with E-state index in [1.165, 1.54) is 11.9 Å². The van der Waals surface area contributed by atoms with Gasteiger partial charge in [0.1, 0.15) is 6.33 Å². The van der Waals surface area contributed by atoms with Gasteiger partial charge in [-0.2, -0.15) is 0 Å². The van der Waals surface area contributed by atoms with Gasteiger partial charge in [-0.1, -0.05) is 31.2 Å². The van der Waals surface area contributed by atoms with Crippen LogP contribution in [0.3, 0.4) is 0 Å². The van der Waals surface area contributed by atoms with Gasteiger partial charge < -0.3 is 10.6 Å². The molecule has 2 N–H and O–H groups in total. The minimum Gasteiger partial charge on any atom is -0.334 e. The Labute approximate surface area is 158 Å². The molecule has 8 heteroatoms. The molecule has 3 aromatic rings.